The SMILES string of the molecule is OC(c1cccnc1)c1c(-c2cc(Cl)sc2Cl)noc1-c1ccc(Cl)cc1. The number of aromatic nitrogens is 2. The molecule has 1 unspecified atom stereocenters. The molecule has 1 N–H and O–H groups in total. The average Bonchev–Trinajstić information content (AvgIpc) is 3.25. The lowest BCUT2D eigenvalue weighted by Gasteiger charge is -2.12. The summed E-state index contributed by atoms with van der Waals surface area (Å²) in [5.41, 5.74) is 2.86. The summed E-state index contributed by atoms with van der Waals surface area (Å²) >= 11 is 19.6. The van der Waals surface area contributed by atoms with Gasteiger partial charge in [0.05, 0.1) is 9.90 Å². The third kappa shape index (κ3) is 3.61. The van der Waals surface area contributed by atoms with Crippen LogP contribution >= 0.6 is 46.1 Å². The molecule has 0 aliphatic heterocycles. The summed E-state index contributed by atoms with van der Waals surface area (Å²) in [6.45, 7) is 0. The number of aliphatic hydroxyl groups excluding tert-OH is 1. The molecule has 4 rings (SSSR count). The van der Waals surface area contributed by atoms with Crippen molar-refractivity contribution in [3.63, 3.8) is 0 Å². The number of thiophene rings is 1. The van der Waals surface area contributed by atoms with Crippen LogP contribution in [0, 0.1) is 0 Å². The lowest BCUT2D eigenvalue weighted by Crippen LogP contribution is -2.02. The monoisotopic (exact) mass is 436 g/mol. The highest BCUT2D eigenvalue weighted by atomic mass is 35.5. The van der Waals surface area contributed by atoms with Crippen molar-refractivity contribution in [3.05, 3.63) is 79.7 Å². The second-order valence-electron chi connectivity index (χ2n) is 5.71. The van der Waals surface area contributed by atoms with Gasteiger partial charge >= 0.3 is 0 Å². The number of hydrogen-bond acceptors (Lipinski definition) is 5. The molecule has 1 aromatic carbocycles. The lowest BCUT2D eigenvalue weighted by atomic mass is 9.96. The van der Waals surface area contributed by atoms with Crippen LogP contribution in [0.15, 0.2) is 59.4 Å². The molecular formula is C19H11Cl3N2O2S. The number of rotatable bonds is 4. The molecule has 0 amide bonds. The van der Waals surface area contributed by atoms with Gasteiger partial charge in [0, 0.05) is 34.1 Å². The molecule has 4 aromatic rings. The fourth-order valence-electron chi connectivity index (χ4n) is 2.76. The molecule has 3 heterocycles. The summed E-state index contributed by atoms with van der Waals surface area (Å²) in [5, 5.41) is 15.9. The minimum absolute atomic E-state index is 0.427. The van der Waals surface area contributed by atoms with Gasteiger partial charge in [0.25, 0.3) is 0 Å². The molecule has 8 heteroatoms. The Kier molecular flexibility index (Phi) is 5.21. The molecule has 0 saturated carbocycles. The van der Waals surface area contributed by atoms with Crippen molar-refractivity contribution in [1.82, 2.24) is 10.1 Å². The molecular weight excluding hydrogens is 427 g/mol. The maximum Gasteiger partial charge on any atom is 0.173 e. The zero-order valence-electron chi connectivity index (χ0n) is 13.6. The molecule has 0 bridgehead atoms. The molecule has 0 fully saturated rings. The summed E-state index contributed by atoms with van der Waals surface area (Å²) in [6.07, 6.45) is 2.22. The highest BCUT2D eigenvalue weighted by Gasteiger charge is 2.28. The molecule has 0 spiro atoms. The Hall–Kier alpha value is -1.89. The van der Waals surface area contributed by atoms with Gasteiger partial charge in [-0.3, -0.25) is 4.98 Å². The molecule has 1 atom stereocenters. The summed E-state index contributed by atoms with van der Waals surface area (Å²) in [5.74, 6) is 0.427. The summed E-state index contributed by atoms with van der Waals surface area (Å²) in [6, 6.07) is 12.3. The topological polar surface area (TPSA) is 59.2 Å². The summed E-state index contributed by atoms with van der Waals surface area (Å²) < 4.78 is 6.60. The first-order valence-electron chi connectivity index (χ1n) is 7.83. The van der Waals surface area contributed by atoms with Crippen LogP contribution in [0.5, 0.6) is 0 Å². The summed E-state index contributed by atoms with van der Waals surface area (Å²) in [4.78, 5) is 4.08. The predicted molar refractivity (Wildman–Crippen MR) is 109 cm³/mol. The smallest absolute Gasteiger partial charge is 0.173 e. The third-order valence-corrected chi connectivity index (χ3v) is 5.76. The van der Waals surface area contributed by atoms with E-state index >= 15 is 0 Å². The van der Waals surface area contributed by atoms with E-state index in [4.69, 9.17) is 39.3 Å². The van der Waals surface area contributed by atoms with Crippen LogP contribution < -0.4 is 0 Å². The zero-order valence-corrected chi connectivity index (χ0v) is 16.6. The Morgan fingerprint density at radius 3 is 2.48 bits per heavy atom. The van der Waals surface area contributed by atoms with Crippen molar-refractivity contribution in [2.75, 3.05) is 0 Å². The standard InChI is InChI=1S/C19H11Cl3N2O2S/c20-12-5-3-10(4-6-12)18-15(17(25)11-2-1-7-23-9-11)16(24-26-18)13-8-14(21)27-19(13)22/h1-9,17,25H. The minimum Gasteiger partial charge on any atom is -0.383 e. The van der Waals surface area contributed by atoms with Crippen molar-refractivity contribution in [1.29, 1.82) is 0 Å². The van der Waals surface area contributed by atoms with E-state index in [9.17, 15) is 5.11 Å². The maximum atomic E-state index is 11.1. The van der Waals surface area contributed by atoms with E-state index in [1.165, 1.54) is 11.3 Å². The van der Waals surface area contributed by atoms with Gasteiger partial charge in [0.2, 0.25) is 0 Å². The van der Waals surface area contributed by atoms with Gasteiger partial charge in [0.15, 0.2) is 5.76 Å². The minimum atomic E-state index is -1.01. The van der Waals surface area contributed by atoms with E-state index < -0.39 is 6.10 Å². The van der Waals surface area contributed by atoms with Crippen molar-refractivity contribution in [2.45, 2.75) is 6.10 Å². The first kappa shape index (κ1) is 18.5. The molecule has 3 aromatic heterocycles. The van der Waals surface area contributed by atoms with Crippen LogP contribution in [0.1, 0.15) is 17.2 Å². The van der Waals surface area contributed by atoms with E-state index in [2.05, 4.69) is 10.1 Å². The molecule has 0 aliphatic carbocycles. The Labute approximate surface area is 173 Å². The van der Waals surface area contributed by atoms with Gasteiger partial charge in [0.1, 0.15) is 16.1 Å². The predicted octanol–water partition coefficient (Wildman–Crippen LogP) is 6.51. The van der Waals surface area contributed by atoms with Gasteiger partial charge in [-0.2, -0.15) is 0 Å². The van der Waals surface area contributed by atoms with Crippen LogP contribution in [-0.2, 0) is 0 Å². The van der Waals surface area contributed by atoms with Crippen LogP contribution in [0.3, 0.4) is 0 Å². The fraction of sp³-hybridized carbons (Fsp3) is 0.0526. The quantitative estimate of drug-likeness (QED) is 0.395. The molecule has 27 heavy (non-hydrogen) atoms. The highest BCUT2D eigenvalue weighted by molar-refractivity contribution is 7.20. The number of aliphatic hydroxyl groups is 1. The van der Waals surface area contributed by atoms with E-state index in [1.54, 1.807) is 54.9 Å². The van der Waals surface area contributed by atoms with Crippen LogP contribution in [-0.4, -0.2) is 15.2 Å². The number of halogens is 3. The molecule has 4 nitrogen and oxygen atoms in total. The van der Waals surface area contributed by atoms with Gasteiger partial charge in [-0.05, 0) is 36.4 Å². The van der Waals surface area contributed by atoms with E-state index in [-0.39, 0.29) is 0 Å². The third-order valence-electron chi connectivity index (χ3n) is 4.02. The van der Waals surface area contributed by atoms with Crippen molar-refractivity contribution < 1.29 is 9.63 Å². The van der Waals surface area contributed by atoms with Crippen molar-refractivity contribution in [2.24, 2.45) is 0 Å². The molecule has 0 saturated heterocycles. The lowest BCUT2D eigenvalue weighted by molar-refractivity contribution is 0.220. The summed E-state index contributed by atoms with van der Waals surface area (Å²) in [7, 11) is 0. The number of benzene rings is 1. The molecule has 0 radical (unpaired) electrons. The van der Waals surface area contributed by atoms with E-state index in [0.717, 1.165) is 5.56 Å². The molecule has 0 aliphatic rings. The van der Waals surface area contributed by atoms with Crippen LogP contribution in [0.25, 0.3) is 22.6 Å². The first-order chi connectivity index (χ1) is 13.0. The van der Waals surface area contributed by atoms with Gasteiger partial charge in [-0.15, -0.1) is 11.3 Å². The van der Waals surface area contributed by atoms with E-state index in [0.29, 0.717) is 41.8 Å². The number of nitrogens with zero attached hydrogens (tertiary/aromatic N) is 2. The maximum absolute atomic E-state index is 11.1. The van der Waals surface area contributed by atoms with Crippen LogP contribution in [0.2, 0.25) is 13.7 Å². The average molecular weight is 438 g/mol. The Balaban J connectivity index is 1.92. The Bertz CT molecular complexity index is 1080. The van der Waals surface area contributed by atoms with E-state index in [1.807, 2.05) is 0 Å². The largest absolute Gasteiger partial charge is 0.383 e. The Morgan fingerprint density at radius 2 is 1.85 bits per heavy atom. The highest BCUT2D eigenvalue weighted by Crippen LogP contribution is 2.44. The Morgan fingerprint density at radius 1 is 1.07 bits per heavy atom. The van der Waals surface area contributed by atoms with Gasteiger partial charge < -0.3 is 9.63 Å². The van der Waals surface area contributed by atoms with Crippen molar-refractivity contribution >= 4 is 46.1 Å². The van der Waals surface area contributed by atoms with Crippen molar-refractivity contribution in [3.8, 4) is 22.6 Å². The first-order valence-corrected chi connectivity index (χ1v) is 9.78. The zero-order chi connectivity index (χ0) is 19.0. The number of pyridine rings is 1. The normalized spacial score (nSPS) is 12.3. The van der Waals surface area contributed by atoms with Gasteiger partial charge in [-0.25, -0.2) is 0 Å². The van der Waals surface area contributed by atoms with Crippen LogP contribution in [0.4, 0.5) is 0 Å². The number of hydrogen-bond donors (Lipinski definition) is 1. The fourth-order valence-corrected chi connectivity index (χ4v) is 4.35. The van der Waals surface area contributed by atoms with Gasteiger partial charge in [-0.1, -0.05) is 46.0 Å². The second-order valence-corrected chi connectivity index (χ2v) is 8.43. The second kappa shape index (κ2) is 7.62. The molecule has 136 valence electrons.